The Hall–Kier alpha value is -2.12. The molecule has 116 valence electrons. The molecule has 0 amide bonds. The zero-order valence-corrected chi connectivity index (χ0v) is 13.7. The molecular formula is C15H19N5OS. The van der Waals surface area contributed by atoms with E-state index >= 15 is 0 Å². The van der Waals surface area contributed by atoms with Crippen molar-refractivity contribution in [3.8, 4) is 11.3 Å². The number of imidazole rings is 1. The molecule has 0 aliphatic heterocycles. The van der Waals surface area contributed by atoms with Gasteiger partial charge in [-0.25, -0.2) is 9.50 Å². The molecule has 7 heteroatoms. The van der Waals surface area contributed by atoms with Gasteiger partial charge in [-0.05, 0) is 6.07 Å². The highest BCUT2D eigenvalue weighted by Gasteiger charge is 2.13. The van der Waals surface area contributed by atoms with Crippen LogP contribution in [0.2, 0.25) is 0 Å². The predicted octanol–water partition coefficient (Wildman–Crippen LogP) is 2.58. The summed E-state index contributed by atoms with van der Waals surface area (Å²) in [5, 5.41) is 8.57. The zero-order valence-electron chi connectivity index (χ0n) is 12.9. The molecule has 3 aromatic rings. The van der Waals surface area contributed by atoms with Gasteiger partial charge in [-0.2, -0.15) is 0 Å². The van der Waals surface area contributed by atoms with Gasteiger partial charge in [0.2, 0.25) is 10.1 Å². The zero-order chi connectivity index (χ0) is 15.5. The highest BCUT2D eigenvalue weighted by Crippen LogP contribution is 2.30. The molecule has 0 saturated heterocycles. The van der Waals surface area contributed by atoms with E-state index in [0.717, 1.165) is 33.6 Å². The number of rotatable bonds is 6. The van der Waals surface area contributed by atoms with Gasteiger partial charge in [0, 0.05) is 39.0 Å². The molecule has 22 heavy (non-hydrogen) atoms. The van der Waals surface area contributed by atoms with Gasteiger partial charge in [-0.15, -0.1) is 5.10 Å². The number of nitrogens with one attached hydrogen (secondary N) is 1. The minimum absolute atomic E-state index is 0.656. The molecule has 0 aliphatic carbocycles. The standard InChI is InChI=1S/C15H19N5OS/c1-19(2)13-7-5-4-6-11(13)12-10-20-15(17-12)22-14(18-20)16-8-9-21-3/h4-7,10H,8-9H2,1-3H3,(H,16,18). The molecule has 0 radical (unpaired) electrons. The quantitative estimate of drug-likeness (QED) is 0.708. The van der Waals surface area contributed by atoms with E-state index in [9.17, 15) is 0 Å². The van der Waals surface area contributed by atoms with Gasteiger partial charge in [0.15, 0.2) is 0 Å². The third-order valence-corrected chi connectivity index (χ3v) is 4.17. The summed E-state index contributed by atoms with van der Waals surface area (Å²) in [5.74, 6) is 0. The van der Waals surface area contributed by atoms with E-state index in [-0.39, 0.29) is 0 Å². The Kier molecular flexibility index (Phi) is 4.26. The Morgan fingerprint density at radius 3 is 2.86 bits per heavy atom. The summed E-state index contributed by atoms with van der Waals surface area (Å²) in [4.78, 5) is 7.67. The van der Waals surface area contributed by atoms with Gasteiger partial charge in [-0.3, -0.25) is 0 Å². The van der Waals surface area contributed by atoms with E-state index in [2.05, 4.69) is 27.4 Å². The Bertz CT molecular complexity index is 733. The van der Waals surface area contributed by atoms with Crippen molar-refractivity contribution in [2.24, 2.45) is 0 Å². The molecule has 6 nitrogen and oxygen atoms in total. The van der Waals surface area contributed by atoms with E-state index in [1.54, 1.807) is 7.11 Å². The van der Waals surface area contributed by atoms with Crippen LogP contribution in [-0.2, 0) is 4.74 Å². The second-order valence-electron chi connectivity index (χ2n) is 5.09. The molecule has 0 aliphatic rings. The summed E-state index contributed by atoms with van der Waals surface area (Å²) in [7, 11) is 5.76. The van der Waals surface area contributed by atoms with Crippen molar-refractivity contribution in [1.82, 2.24) is 14.6 Å². The van der Waals surface area contributed by atoms with Gasteiger partial charge >= 0.3 is 0 Å². The Morgan fingerprint density at radius 1 is 1.32 bits per heavy atom. The number of benzene rings is 1. The first-order valence-corrected chi connectivity index (χ1v) is 7.86. The lowest BCUT2D eigenvalue weighted by molar-refractivity contribution is 0.210. The normalized spacial score (nSPS) is 11.0. The number of hydrogen-bond donors (Lipinski definition) is 1. The number of aromatic nitrogens is 3. The topological polar surface area (TPSA) is 54.7 Å². The third-order valence-electron chi connectivity index (χ3n) is 3.29. The number of hydrogen-bond acceptors (Lipinski definition) is 6. The second kappa shape index (κ2) is 6.33. The number of ether oxygens (including phenoxy) is 1. The predicted molar refractivity (Wildman–Crippen MR) is 91.0 cm³/mol. The molecular weight excluding hydrogens is 298 g/mol. The number of para-hydroxylation sites is 1. The van der Waals surface area contributed by atoms with Gasteiger partial charge in [0.1, 0.15) is 0 Å². The fourth-order valence-electron chi connectivity index (χ4n) is 2.24. The number of fused-ring (bicyclic) bond motifs is 1. The van der Waals surface area contributed by atoms with Crippen LogP contribution >= 0.6 is 11.3 Å². The van der Waals surface area contributed by atoms with Crippen LogP contribution in [0, 0.1) is 0 Å². The Morgan fingerprint density at radius 2 is 2.14 bits per heavy atom. The van der Waals surface area contributed by atoms with Crippen molar-refractivity contribution in [2.45, 2.75) is 0 Å². The molecule has 1 aromatic carbocycles. The lowest BCUT2D eigenvalue weighted by atomic mass is 10.1. The number of anilines is 2. The first-order valence-electron chi connectivity index (χ1n) is 7.05. The van der Waals surface area contributed by atoms with Crippen molar-refractivity contribution >= 4 is 27.1 Å². The smallest absolute Gasteiger partial charge is 0.214 e. The molecule has 2 aromatic heterocycles. The molecule has 0 saturated carbocycles. The van der Waals surface area contributed by atoms with Crippen molar-refractivity contribution in [2.75, 3.05) is 44.6 Å². The van der Waals surface area contributed by atoms with E-state index in [0.29, 0.717) is 6.61 Å². The maximum absolute atomic E-state index is 5.02. The van der Waals surface area contributed by atoms with Crippen LogP contribution in [0.5, 0.6) is 0 Å². The molecule has 0 bridgehead atoms. The van der Waals surface area contributed by atoms with E-state index in [1.807, 2.05) is 36.9 Å². The van der Waals surface area contributed by atoms with Crippen LogP contribution < -0.4 is 10.2 Å². The van der Waals surface area contributed by atoms with Crippen LogP contribution in [0.3, 0.4) is 0 Å². The van der Waals surface area contributed by atoms with Crippen LogP contribution in [-0.4, -0.2) is 49.0 Å². The van der Waals surface area contributed by atoms with Crippen molar-refractivity contribution < 1.29 is 4.74 Å². The number of methoxy groups -OCH3 is 1. The molecule has 0 atom stereocenters. The highest BCUT2D eigenvalue weighted by molar-refractivity contribution is 7.20. The van der Waals surface area contributed by atoms with E-state index in [4.69, 9.17) is 9.72 Å². The minimum atomic E-state index is 0.656. The van der Waals surface area contributed by atoms with E-state index < -0.39 is 0 Å². The highest BCUT2D eigenvalue weighted by atomic mass is 32.1. The van der Waals surface area contributed by atoms with Gasteiger partial charge < -0.3 is 15.0 Å². The second-order valence-corrected chi connectivity index (χ2v) is 6.05. The Labute approximate surface area is 133 Å². The van der Waals surface area contributed by atoms with Gasteiger partial charge in [0.05, 0.1) is 18.5 Å². The third kappa shape index (κ3) is 2.90. The SMILES string of the molecule is COCCNc1nn2cc(-c3ccccc3N(C)C)nc2s1. The van der Waals surface area contributed by atoms with Crippen molar-refractivity contribution in [3.05, 3.63) is 30.5 Å². The monoisotopic (exact) mass is 317 g/mol. The van der Waals surface area contributed by atoms with Crippen LogP contribution in [0.1, 0.15) is 0 Å². The molecule has 3 rings (SSSR count). The first-order chi connectivity index (χ1) is 10.7. The fourth-order valence-corrected chi connectivity index (χ4v) is 3.05. The minimum Gasteiger partial charge on any atom is -0.383 e. The first kappa shape index (κ1) is 14.8. The average Bonchev–Trinajstić information content (AvgIpc) is 3.05. The maximum atomic E-state index is 5.02. The van der Waals surface area contributed by atoms with Crippen LogP contribution in [0.25, 0.3) is 16.2 Å². The molecule has 0 fully saturated rings. The maximum Gasteiger partial charge on any atom is 0.214 e. The summed E-state index contributed by atoms with van der Waals surface area (Å²) in [5.41, 5.74) is 3.19. The van der Waals surface area contributed by atoms with E-state index in [1.165, 1.54) is 11.3 Å². The summed E-state index contributed by atoms with van der Waals surface area (Å²) in [6.07, 6.45) is 1.97. The lowest BCUT2D eigenvalue weighted by Crippen LogP contribution is -2.09. The average molecular weight is 317 g/mol. The number of nitrogens with zero attached hydrogens (tertiary/aromatic N) is 4. The molecule has 0 unspecified atom stereocenters. The molecule has 0 spiro atoms. The fraction of sp³-hybridized carbons (Fsp3) is 0.333. The lowest BCUT2D eigenvalue weighted by Gasteiger charge is -2.15. The summed E-state index contributed by atoms with van der Waals surface area (Å²) < 4.78 is 6.84. The largest absolute Gasteiger partial charge is 0.383 e. The van der Waals surface area contributed by atoms with Crippen molar-refractivity contribution in [3.63, 3.8) is 0 Å². The van der Waals surface area contributed by atoms with Gasteiger partial charge in [0.25, 0.3) is 0 Å². The molecule has 1 N–H and O–H groups in total. The van der Waals surface area contributed by atoms with Crippen LogP contribution in [0.15, 0.2) is 30.5 Å². The summed E-state index contributed by atoms with van der Waals surface area (Å²) >= 11 is 1.54. The summed E-state index contributed by atoms with van der Waals surface area (Å²) in [6.45, 7) is 1.40. The van der Waals surface area contributed by atoms with Crippen molar-refractivity contribution in [1.29, 1.82) is 0 Å². The molecule has 2 heterocycles. The Balaban J connectivity index is 1.89. The van der Waals surface area contributed by atoms with Crippen LogP contribution in [0.4, 0.5) is 10.8 Å². The summed E-state index contributed by atoms with van der Waals surface area (Å²) in [6, 6.07) is 8.24. The van der Waals surface area contributed by atoms with Gasteiger partial charge in [-0.1, -0.05) is 29.5 Å².